The van der Waals surface area contributed by atoms with Crippen LogP contribution in [0.5, 0.6) is 0 Å². The highest BCUT2D eigenvalue weighted by Crippen LogP contribution is 2.39. The van der Waals surface area contributed by atoms with Crippen molar-refractivity contribution in [2.75, 3.05) is 6.61 Å². The Morgan fingerprint density at radius 1 is 1.35 bits per heavy atom. The molecule has 9 heteroatoms. The third-order valence-electron chi connectivity index (χ3n) is 3.83. The molecule has 1 aromatic heterocycles. The quantitative estimate of drug-likeness (QED) is 0.725. The van der Waals surface area contributed by atoms with Crippen molar-refractivity contribution in [2.24, 2.45) is 5.92 Å². The van der Waals surface area contributed by atoms with E-state index in [2.05, 4.69) is 4.98 Å². The average Bonchev–Trinajstić information content (AvgIpc) is 2.99. The summed E-state index contributed by atoms with van der Waals surface area (Å²) in [4.78, 5) is 14.6. The minimum Gasteiger partial charge on any atom is -0.498 e. The first-order valence-electron chi connectivity index (χ1n) is 8.01. The van der Waals surface area contributed by atoms with Gasteiger partial charge < -0.3 is 9.84 Å². The molecule has 1 aliphatic rings. The number of hydrogen-bond acceptors (Lipinski definition) is 3. The van der Waals surface area contributed by atoms with Crippen LogP contribution in [0.1, 0.15) is 66.0 Å². The molecule has 1 saturated heterocycles. The fourth-order valence-corrected chi connectivity index (χ4v) is 2.85. The number of hydrogen-bond donors (Lipinski definition) is 1. The Bertz CT molecular complexity index is 718. The molecule has 0 bridgehead atoms. The Balaban J connectivity index is 2.89. The van der Waals surface area contributed by atoms with E-state index < -0.39 is 41.1 Å². The van der Waals surface area contributed by atoms with E-state index in [0.717, 1.165) is 6.08 Å². The van der Waals surface area contributed by atoms with Gasteiger partial charge in [0.1, 0.15) is 5.69 Å². The van der Waals surface area contributed by atoms with Crippen LogP contribution in [-0.4, -0.2) is 22.7 Å². The van der Waals surface area contributed by atoms with Crippen molar-refractivity contribution in [3.05, 3.63) is 33.8 Å². The number of pyridine rings is 1. The molecule has 0 amide bonds. The van der Waals surface area contributed by atoms with Crippen LogP contribution < -0.4 is 0 Å². The summed E-state index contributed by atoms with van der Waals surface area (Å²) in [5, 5.41) is 9.38. The Kier molecular flexibility index (Phi) is 5.87. The van der Waals surface area contributed by atoms with Gasteiger partial charge in [0.25, 0.3) is 6.43 Å². The molecule has 0 saturated carbocycles. The van der Waals surface area contributed by atoms with Gasteiger partial charge in [-0.3, -0.25) is 0 Å². The second-order valence-corrected chi connectivity index (χ2v) is 6.38. The summed E-state index contributed by atoms with van der Waals surface area (Å²) in [6.45, 7) is 3.65. The normalized spacial score (nSPS) is 16.6. The number of alkyl halides is 5. The van der Waals surface area contributed by atoms with Crippen LogP contribution in [0, 0.1) is 5.92 Å². The molecule has 2 heterocycles. The largest absolute Gasteiger partial charge is 0.498 e. The van der Waals surface area contributed by atoms with Crippen LogP contribution >= 0.6 is 0 Å². The molecule has 0 spiro atoms. The molecule has 0 atom stereocenters. The number of carbonyl (C=O) groups is 1. The number of halogens is 5. The first kappa shape index (κ1) is 20.1. The summed E-state index contributed by atoms with van der Waals surface area (Å²) in [5.74, 6) is -1.74. The summed E-state index contributed by atoms with van der Waals surface area (Å²) in [6, 6.07) is 0. The number of aromatic nitrogens is 1. The topological polar surface area (TPSA) is 59.4 Å². The van der Waals surface area contributed by atoms with Crippen molar-refractivity contribution >= 4 is 12.0 Å². The van der Waals surface area contributed by atoms with E-state index in [9.17, 15) is 31.9 Å². The van der Waals surface area contributed by atoms with Gasteiger partial charge in [-0.15, -0.1) is 0 Å². The van der Waals surface area contributed by atoms with Crippen molar-refractivity contribution in [3.63, 3.8) is 0 Å². The second-order valence-electron chi connectivity index (χ2n) is 6.38. The molecule has 1 N–H and O–H groups in total. The minimum atomic E-state index is -5.02. The number of nitrogens with zero attached hydrogens (tertiary/aromatic N) is 1. The zero-order valence-electron chi connectivity index (χ0n) is 14.2. The summed E-state index contributed by atoms with van der Waals surface area (Å²) in [7, 11) is 0. The monoisotopic (exact) mass is 379 g/mol. The smallest absolute Gasteiger partial charge is 0.433 e. The predicted molar refractivity (Wildman–Crippen MR) is 82.9 cm³/mol. The zero-order chi connectivity index (χ0) is 19.6. The molecule has 26 heavy (non-hydrogen) atoms. The lowest BCUT2D eigenvalue weighted by Gasteiger charge is -2.20. The van der Waals surface area contributed by atoms with E-state index in [1.54, 1.807) is 13.8 Å². The van der Waals surface area contributed by atoms with E-state index in [1.807, 2.05) is 0 Å². The van der Waals surface area contributed by atoms with E-state index in [-0.39, 0.29) is 23.7 Å². The Labute approximate surface area is 146 Å². The highest BCUT2D eigenvalue weighted by atomic mass is 19.4. The van der Waals surface area contributed by atoms with Crippen molar-refractivity contribution in [1.29, 1.82) is 0 Å². The van der Waals surface area contributed by atoms with Gasteiger partial charge in [0.15, 0.2) is 5.69 Å². The van der Waals surface area contributed by atoms with E-state index in [0.29, 0.717) is 19.4 Å². The molecular weight excluding hydrogens is 361 g/mol. The van der Waals surface area contributed by atoms with Crippen molar-refractivity contribution in [1.82, 2.24) is 4.98 Å². The lowest BCUT2D eigenvalue weighted by Crippen LogP contribution is -2.20. The van der Waals surface area contributed by atoms with E-state index in [1.165, 1.54) is 0 Å². The maximum atomic E-state index is 13.5. The Hall–Kier alpha value is -2.19. The summed E-state index contributed by atoms with van der Waals surface area (Å²) < 4.78 is 72.3. The molecule has 1 aromatic rings. The average molecular weight is 379 g/mol. The van der Waals surface area contributed by atoms with Crippen LogP contribution in [0.2, 0.25) is 0 Å². The van der Waals surface area contributed by atoms with Gasteiger partial charge in [0.05, 0.1) is 17.9 Å². The highest BCUT2D eigenvalue weighted by molar-refractivity contribution is 5.92. The molecule has 0 unspecified atom stereocenters. The molecule has 1 aliphatic heterocycles. The molecule has 4 nitrogen and oxygen atoms in total. The van der Waals surface area contributed by atoms with Gasteiger partial charge >= 0.3 is 12.1 Å². The number of rotatable bonds is 5. The lowest BCUT2D eigenvalue weighted by atomic mass is 9.90. The second kappa shape index (κ2) is 7.59. The number of carboxylic acids is 1. The number of aromatic carboxylic acids is 1. The standard InChI is InChI=1S/C17H18F5NO3/c1-8(2)6-10-11(7-9-4-3-5-26-9)14(17(20,21)22)23-13(15(18)19)12(10)16(24)25/h7-8,15H,3-6H2,1-2H3,(H,24,25)/b9-7-. The zero-order valence-corrected chi connectivity index (χ0v) is 14.2. The third kappa shape index (κ3) is 4.31. The first-order chi connectivity index (χ1) is 12.0. The lowest BCUT2D eigenvalue weighted by molar-refractivity contribution is -0.141. The van der Waals surface area contributed by atoms with Gasteiger partial charge in [-0.05, 0) is 30.4 Å². The van der Waals surface area contributed by atoms with Gasteiger partial charge in [-0.25, -0.2) is 18.6 Å². The molecule has 0 radical (unpaired) electrons. The van der Waals surface area contributed by atoms with Gasteiger partial charge in [0.2, 0.25) is 0 Å². The van der Waals surface area contributed by atoms with Crippen molar-refractivity contribution < 1.29 is 36.6 Å². The van der Waals surface area contributed by atoms with Crippen LogP contribution in [0.4, 0.5) is 22.0 Å². The van der Waals surface area contributed by atoms with Crippen molar-refractivity contribution in [2.45, 2.75) is 45.7 Å². The van der Waals surface area contributed by atoms with Gasteiger partial charge in [0, 0.05) is 12.0 Å². The fraction of sp³-hybridized carbons (Fsp3) is 0.529. The van der Waals surface area contributed by atoms with Crippen LogP contribution in [0.25, 0.3) is 6.08 Å². The van der Waals surface area contributed by atoms with Gasteiger partial charge in [-0.2, -0.15) is 13.2 Å². The minimum absolute atomic E-state index is 0.119. The summed E-state index contributed by atoms with van der Waals surface area (Å²) >= 11 is 0. The number of carboxylic acid groups (broad SMARTS) is 1. The van der Waals surface area contributed by atoms with Crippen LogP contribution in [0.3, 0.4) is 0 Å². The summed E-state index contributed by atoms with van der Waals surface area (Å²) in [5.41, 5.74) is -4.56. The number of allylic oxidation sites excluding steroid dienone is 1. The molecule has 144 valence electrons. The molecular formula is C17H18F5NO3. The molecule has 1 fully saturated rings. The maximum Gasteiger partial charge on any atom is 0.433 e. The molecule has 0 aliphatic carbocycles. The predicted octanol–water partition coefficient (Wildman–Crippen LogP) is 5.09. The van der Waals surface area contributed by atoms with Crippen LogP contribution in [-0.2, 0) is 17.3 Å². The third-order valence-corrected chi connectivity index (χ3v) is 3.83. The van der Waals surface area contributed by atoms with Gasteiger partial charge in [-0.1, -0.05) is 13.8 Å². The molecule has 2 rings (SSSR count). The summed E-state index contributed by atoms with van der Waals surface area (Å²) in [6.07, 6.45) is -6.50. The molecule has 0 aromatic carbocycles. The van der Waals surface area contributed by atoms with E-state index in [4.69, 9.17) is 4.74 Å². The SMILES string of the molecule is CC(C)Cc1c(/C=C2/CCCO2)c(C(F)(F)F)nc(C(F)F)c1C(=O)O. The van der Waals surface area contributed by atoms with Crippen molar-refractivity contribution in [3.8, 4) is 0 Å². The Morgan fingerprint density at radius 3 is 2.42 bits per heavy atom. The number of ether oxygens (including phenoxy) is 1. The highest BCUT2D eigenvalue weighted by Gasteiger charge is 2.40. The van der Waals surface area contributed by atoms with Crippen LogP contribution in [0.15, 0.2) is 5.76 Å². The van der Waals surface area contributed by atoms with E-state index >= 15 is 0 Å². The fourth-order valence-electron chi connectivity index (χ4n) is 2.85. The Morgan fingerprint density at radius 2 is 2.00 bits per heavy atom. The first-order valence-corrected chi connectivity index (χ1v) is 8.01. The maximum absolute atomic E-state index is 13.5.